The fourth-order valence-corrected chi connectivity index (χ4v) is 14.9. The van der Waals surface area contributed by atoms with Crippen molar-refractivity contribution >= 4 is 35.8 Å². The Hall–Kier alpha value is -7.16. The largest absolute Gasteiger partial charge is 0.480 e. The molecule has 6 aliphatic heterocycles. The lowest BCUT2D eigenvalue weighted by atomic mass is 9.87. The highest BCUT2D eigenvalue weighted by Crippen LogP contribution is 2.50. The number of hydrogen-bond donors (Lipinski definition) is 16. The summed E-state index contributed by atoms with van der Waals surface area (Å²) in [6, 6.07) is -6.20. The summed E-state index contributed by atoms with van der Waals surface area (Å²) in [5.74, 6) is -4.71. The molecule has 127 heavy (non-hydrogen) atoms. The third-order valence-corrected chi connectivity index (χ3v) is 21.2. The van der Waals surface area contributed by atoms with Gasteiger partial charge in [-0.05, 0) is 26.3 Å². The van der Waals surface area contributed by atoms with Gasteiger partial charge in [0.1, 0.15) is 103 Å². The monoisotopic (exact) mass is 1820 g/mol. The number of rotatable bonds is 63. The first-order chi connectivity index (χ1) is 61.1. The van der Waals surface area contributed by atoms with Gasteiger partial charge in [-0.1, -0.05) is 22.1 Å². The lowest BCUT2D eigenvalue weighted by Gasteiger charge is -2.56. The number of aliphatic hydroxyl groups is 11. The van der Waals surface area contributed by atoms with Crippen LogP contribution in [-0.4, -0.2) is 468 Å². The van der Waals surface area contributed by atoms with E-state index in [0.29, 0.717) is 49.6 Å². The molecule has 0 aromatic carbocycles. The molecule has 16 N–H and O–H groups in total. The van der Waals surface area contributed by atoms with E-state index in [4.69, 9.17) is 86.1 Å². The van der Waals surface area contributed by atoms with Gasteiger partial charge in [-0.2, -0.15) is 5.11 Å². The van der Waals surface area contributed by atoms with Gasteiger partial charge in [-0.25, -0.2) is 19.6 Å². The van der Waals surface area contributed by atoms with Crippen LogP contribution in [0.1, 0.15) is 71.0 Å². The lowest BCUT2D eigenvalue weighted by Crippen LogP contribution is -2.76. The summed E-state index contributed by atoms with van der Waals surface area (Å²) in [6.45, 7) is 8.92. The van der Waals surface area contributed by atoms with Gasteiger partial charge in [0.2, 0.25) is 23.6 Å². The highest BCUT2D eigenvalue weighted by atomic mass is 16.8. The van der Waals surface area contributed by atoms with Crippen LogP contribution >= 0.6 is 0 Å². The number of fused-ring (bicyclic) bond motifs is 2. The highest BCUT2D eigenvalue weighted by molar-refractivity contribution is 5.78. The minimum absolute atomic E-state index is 0.00450. The topological polar surface area (TPSA) is 671 Å². The van der Waals surface area contributed by atoms with Crippen molar-refractivity contribution in [3.05, 3.63) is 35.7 Å². The van der Waals surface area contributed by atoms with Crippen molar-refractivity contribution in [3.63, 3.8) is 0 Å². The fraction of sp³-hybridized carbons (Fsp3) is 0.840. The van der Waals surface area contributed by atoms with Crippen LogP contribution in [0.3, 0.4) is 0 Å². The van der Waals surface area contributed by atoms with Crippen LogP contribution in [0.25, 0.3) is 0 Å². The van der Waals surface area contributed by atoms with E-state index in [-0.39, 0.29) is 178 Å². The van der Waals surface area contributed by atoms with Crippen molar-refractivity contribution in [3.8, 4) is 0 Å². The van der Waals surface area contributed by atoms with Gasteiger partial charge in [-0.15, -0.1) is 15.3 Å². The molecule has 0 saturated carbocycles. The molecule has 3 aromatic rings. The van der Waals surface area contributed by atoms with Crippen LogP contribution in [0.2, 0.25) is 0 Å². The Morgan fingerprint density at radius 1 is 0.528 bits per heavy atom. The molecule has 720 valence electrons. The van der Waals surface area contributed by atoms with E-state index in [1.807, 2.05) is 0 Å². The van der Waals surface area contributed by atoms with Gasteiger partial charge in [-0.3, -0.25) is 43.7 Å². The number of unbranched alkanes of at least 4 members (excludes halogenated alkanes) is 1. The maximum Gasteiger partial charge on any atom is 0.320 e. The van der Waals surface area contributed by atoms with Gasteiger partial charge in [0.25, 0.3) is 0 Å². The number of carbonyl (C=O) groups is 5. The number of carbonyl (C=O) groups excluding carboxylic acids is 4. The van der Waals surface area contributed by atoms with Crippen molar-refractivity contribution in [2.45, 2.75) is 233 Å². The minimum atomic E-state index is -1.92. The first kappa shape index (κ1) is 104. The first-order valence-corrected chi connectivity index (χ1v) is 42.2. The zero-order chi connectivity index (χ0) is 91.6. The van der Waals surface area contributed by atoms with Gasteiger partial charge in [0.15, 0.2) is 36.7 Å². The number of nitrogens with one attached hydrogen (secondary N) is 4. The van der Waals surface area contributed by atoms with Crippen molar-refractivity contribution < 1.29 is 166 Å². The van der Waals surface area contributed by atoms with Crippen LogP contribution in [0.5, 0.6) is 0 Å². The second-order valence-electron chi connectivity index (χ2n) is 31.0. The molecule has 52 nitrogen and oxygen atoms in total. The number of nitrogens with zero attached hydrogens (tertiary/aromatic N) is 14. The fourth-order valence-electron chi connectivity index (χ4n) is 14.9. The third kappa shape index (κ3) is 31.3. The summed E-state index contributed by atoms with van der Waals surface area (Å²) in [7, 11) is 0. The molecule has 0 spiro atoms. The Bertz CT molecular complexity index is 3720. The zero-order valence-electron chi connectivity index (χ0n) is 71.8. The van der Waals surface area contributed by atoms with E-state index in [2.05, 4.69) is 61.9 Å². The predicted molar refractivity (Wildman–Crippen MR) is 424 cm³/mol. The van der Waals surface area contributed by atoms with Crippen LogP contribution in [0, 0.1) is 5.53 Å². The molecule has 0 aliphatic carbocycles. The van der Waals surface area contributed by atoms with Gasteiger partial charge in [0.05, 0.1) is 195 Å². The van der Waals surface area contributed by atoms with E-state index in [9.17, 15) is 85.3 Å². The number of hydrogen-bond acceptors (Lipinski definition) is 44. The Labute approximate surface area is 730 Å². The SMILES string of the molecule is CC(=O)NC1C(OCCOCCOCCN=CC(CN(Cc2cn(CCOCCOCCOC3OC4C(OC4(C)O)C(O)C3NC(C)=O)nn2)C(CCCCN(Cc2cn(CCOCCOCCOC3OC(CO)C(O)C(O)C3NC(C)=O)nn2)Cc2cn(CCOCCOCCOC3OC(CO)C(O)C4(O)C3N4C(C)=O)nn2)C(=O)O)N=N)OC(CO)C(O)C1O. The maximum absolute atomic E-state index is 13.6. The molecular weight excluding hydrogens is 1700 g/mol. The number of carboxylic acids is 1. The maximum atomic E-state index is 13.6. The minimum Gasteiger partial charge on any atom is -0.480 e. The number of aliphatic hydroxyl groups excluding tert-OH is 9. The smallest absolute Gasteiger partial charge is 0.320 e. The molecule has 4 amide bonds. The number of aromatic nitrogens is 9. The summed E-state index contributed by atoms with van der Waals surface area (Å²) >= 11 is 0. The number of aliphatic carboxylic acids is 1. The molecule has 9 rings (SSSR count). The number of amides is 4. The summed E-state index contributed by atoms with van der Waals surface area (Å²) in [6.07, 6.45) is -10.7. The first-order valence-electron chi connectivity index (χ1n) is 42.2. The highest BCUT2D eigenvalue weighted by Gasteiger charge is 2.76. The molecule has 3 aromatic heterocycles. The quantitative estimate of drug-likeness (QED) is 0.0108. The van der Waals surface area contributed by atoms with Gasteiger partial charge in [0, 0.05) is 78.7 Å². The van der Waals surface area contributed by atoms with Crippen LogP contribution in [0.4, 0.5) is 0 Å². The summed E-state index contributed by atoms with van der Waals surface area (Å²) in [5, 5.41) is 162. The number of aliphatic imine (C=N–C) groups is 1. The van der Waals surface area contributed by atoms with E-state index < -0.39 is 189 Å². The Kier molecular flexibility index (Phi) is 43.0. The van der Waals surface area contributed by atoms with Crippen molar-refractivity contribution in [1.29, 1.82) is 5.53 Å². The van der Waals surface area contributed by atoms with E-state index in [0.717, 1.165) is 4.90 Å². The van der Waals surface area contributed by atoms with E-state index in [1.54, 1.807) is 37.5 Å². The number of carboxylic acid groups (broad SMARTS) is 1. The third-order valence-electron chi connectivity index (χ3n) is 21.2. The lowest BCUT2D eigenvalue weighted by molar-refractivity contribution is -0.441. The van der Waals surface area contributed by atoms with Crippen LogP contribution in [-0.2, 0) is 144 Å². The van der Waals surface area contributed by atoms with Gasteiger partial charge < -0.3 is 158 Å². The zero-order valence-corrected chi connectivity index (χ0v) is 71.8. The molecule has 52 heteroatoms. The van der Waals surface area contributed by atoms with Gasteiger partial charge >= 0.3 is 5.97 Å². The molecule has 0 radical (unpaired) electrons. The second-order valence-corrected chi connectivity index (χ2v) is 31.0. The second kappa shape index (κ2) is 52.8. The molecule has 23 atom stereocenters. The average molecular weight is 1820 g/mol. The summed E-state index contributed by atoms with van der Waals surface area (Å²) in [5.41, 5.74) is 7.90. The standard InChI is InChI=1S/C75H126N18O34/c1-45(97)78-57-62(103)60(101)54(42-94)123-70(57)119-30-26-115-22-18-111-14-9-77-34-49(81-76)37-89(38-52-41-92(87-84-52)13-17-114-20-24-117-28-32-121-72-59(80-47(3)99)64(105)65-68(126-72)74(5,109)127-65)53(69(107)108)8-6-7-10-88(35-50-39-90(85-82-50)11-15-112-19-23-116-27-31-120-71-58(79-46(2)98)63(104)61(102)55(43-95)124-71)36-51-40-91(86-83-51)12-16-113-21-25-118-29-33-122-73-66-75(110,93(66)48(4)100)67(106)56(44-96)125-73/h34,39-41,49,53-68,70-73,76,94-96,101-106,109-110H,6-33,35-38,42-44H2,1-5H3,(H,78,97)(H,79,98)(H,80,99)(H,107,108). The molecule has 6 fully saturated rings. The Morgan fingerprint density at radius 3 is 1.33 bits per heavy atom. The molecular formula is C75H126N18O34. The molecule has 0 bridgehead atoms. The number of ether oxygens (including phenoxy) is 17. The average Bonchev–Trinajstić information content (AvgIpc) is 1.52. The predicted octanol–water partition coefficient (Wildman–Crippen LogP) is -9.16. The molecule has 9 heterocycles. The van der Waals surface area contributed by atoms with Crippen LogP contribution < -0.4 is 16.0 Å². The van der Waals surface area contributed by atoms with E-state index >= 15 is 0 Å². The Morgan fingerprint density at radius 2 is 0.921 bits per heavy atom. The van der Waals surface area contributed by atoms with Crippen molar-refractivity contribution in [1.82, 2.24) is 75.6 Å². The summed E-state index contributed by atoms with van der Waals surface area (Å²) < 4.78 is 102. The molecule has 23 unspecified atom stereocenters. The van der Waals surface area contributed by atoms with E-state index in [1.165, 1.54) is 40.8 Å². The normalized spacial score (nSPS) is 29.2. The Balaban J connectivity index is 0.768. The molecule has 6 aliphatic rings. The van der Waals surface area contributed by atoms with Crippen molar-refractivity contribution in [2.75, 3.05) is 172 Å². The molecule has 6 saturated heterocycles. The summed E-state index contributed by atoms with van der Waals surface area (Å²) in [4.78, 5) is 70.5. The van der Waals surface area contributed by atoms with Crippen LogP contribution in [0.15, 0.2) is 28.7 Å². The van der Waals surface area contributed by atoms with Crippen molar-refractivity contribution in [2.24, 2.45) is 10.1 Å².